The minimum Gasteiger partial charge on any atom is -0.382 e. The Morgan fingerprint density at radius 1 is 1.50 bits per heavy atom. The monoisotopic (exact) mass is 379 g/mol. The quantitative estimate of drug-likeness (QED) is 0.734. The Balaban J connectivity index is 1.73. The zero-order chi connectivity index (χ0) is 18.5. The highest BCUT2D eigenvalue weighted by molar-refractivity contribution is 7.20. The maximum atomic E-state index is 12.6. The summed E-state index contributed by atoms with van der Waals surface area (Å²) in [5.41, 5.74) is -0.410. The predicted molar refractivity (Wildman–Crippen MR) is 101 cm³/mol. The Kier molecular flexibility index (Phi) is 6.20. The van der Waals surface area contributed by atoms with Gasteiger partial charge >= 0.3 is 0 Å². The van der Waals surface area contributed by atoms with Crippen molar-refractivity contribution in [2.45, 2.75) is 33.1 Å². The first-order valence-corrected chi connectivity index (χ1v) is 9.91. The van der Waals surface area contributed by atoms with Crippen molar-refractivity contribution >= 4 is 27.3 Å². The van der Waals surface area contributed by atoms with Crippen LogP contribution in [0.4, 0.5) is 5.13 Å². The number of anilines is 1. The van der Waals surface area contributed by atoms with Crippen molar-refractivity contribution in [2.75, 3.05) is 37.7 Å². The summed E-state index contributed by atoms with van der Waals surface area (Å²) in [7, 11) is 0. The number of fused-ring (bicyclic) bond motifs is 1. The van der Waals surface area contributed by atoms with E-state index in [9.17, 15) is 9.59 Å². The molecule has 1 saturated heterocycles. The number of nitrogens with one attached hydrogen (secondary N) is 1. The van der Waals surface area contributed by atoms with Gasteiger partial charge in [-0.25, -0.2) is 4.98 Å². The first-order valence-electron chi connectivity index (χ1n) is 9.10. The Hall–Kier alpha value is -2.00. The Morgan fingerprint density at radius 3 is 3.12 bits per heavy atom. The number of piperidine rings is 1. The van der Waals surface area contributed by atoms with Crippen LogP contribution in [0.1, 0.15) is 43.5 Å². The van der Waals surface area contributed by atoms with E-state index in [-0.39, 0.29) is 5.56 Å². The van der Waals surface area contributed by atoms with Gasteiger partial charge in [-0.05, 0) is 32.1 Å². The Bertz CT molecular complexity index is 818. The van der Waals surface area contributed by atoms with E-state index >= 15 is 0 Å². The molecule has 0 aliphatic carbocycles. The first-order chi connectivity index (χ1) is 12.6. The Morgan fingerprint density at radius 2 is 2.35 bits per heavy atom. The van der Waals surface area contributed by atoms with E-state index < -0.39 is 11.5 Å². The van der Waals surface area contributed by atoms with Crippen molar-refractivity contribution in [1.29, 1.82) is 0 Å². The molecule has 0 radical (unpaired) electrons. The fraction of sp³-hybridized carbons (Fsp3) is 0.647. The molecule has 142 valence electrons. The Labute approximate surface area is 156 Å². The largest absolute Gasteiger partial charge is 0.382 e. The number of rotatable bonds is 7. The van der Waals surface area contributed by atoms with Crippen LogP contribution in [0.15, 0.2) is 11.0 Å². The standard InChI is InChI=1S/C17H25N5O3S/c1-3-25-9-5-7-18-14(23)13-10-19-16-22(15(13)24)20-17(26-16)21-8-4-6-12(2)11-21/h10,12H,3-9,11H2,1-2H3,(H,18,23)/t12-/m0/s1. The summed E-state index contributed by atoms with van der Waals surface area (Å²) in [4.78, 5) is 31.8. The van der Waals surface area contributed by atoms with Gasteiger partial charge in [-0.1, -0.05) is 18.3 Å². The highest BCUT2D eigenvalue weighted by Crippen LogP contribution is 2.26. The average Bonchev–Trinajstić information content (AvgIpc) is 3.07. The second-order valence-corrected chi connectivity index (χ2v) is 7.49. The molecule has 1 atom stereocenters. The van der Waals surface area contributed by atoms with Gasteiger partial charge in [0.1, 0.15) is 5.56 Å². The molecule has 8 nitrogen and oxygen atoms in total. The van der Waals surface area contributed by atoms with E-state index in [1.807, 2.05) is 6.92 Å². The molecular weight excluding hydrogens is 354 g/mol. The molecule has 9 heteroatoms. The molecule has 1 fully saturated rings. The molecule has 2 aromatic heterocycles. The number of hydrogen-bond acceptors (Lipinski definition) is 7. The second-order valence-electron chi connectivity index (χ2n) is 6.56. The van der Waals surface area contributed by atoms with Crippen LogP contribution in [0, 0.1) is 5.92 Å². The van der Waals surface area contributed by atoms with E-state index in [4.69, 9.17) is 4.74 Å². The molecule has 3 rings (SSSR count). The number of nitrogens with zero attached hydrogens (tertiary/aromatic N) is 4. The van der Waals surface area contributed by atoms with Gasteiger partial charge in [0.05, 0.1) is 0 Å². The zero-order valence-electron chi connectivity index (χ0n) is 15.2. The summed E-state index contributed by atoms with van der Waals surface area (Å²) in [6.45, 7) is 7.70. The number of ether oxygens (including phenoxy) is 1. The molecule has 1 aliphatic heterocycles. The van der Waals surface area contributed by atoms with Gasteiger partial charge in [0.2, 0.25) is 10.1 Å². The molecule has 26 heavy (non-hydrogen) atoms. The predicted octanol–water partition coefficient (Wildman–Crippen LogP) is 1.54. The van der Waals surface area contributed by atoms with Gasteiger partial charge in [0.25, 0.3) is 11.5 Å². The SMILES string of the molecule is CCOCCCNC(=O)c1cnc2sc(N3CCC[C@H](C)C3)nn2c1=O. The summed E-state index contributed by atoms with van der Waals surface area (Å²) in [5, 5.41) is 7.94. The third-order valence-electron chi connectivity index (χ3n) is 4.40. The molecule has 0 aromatic carbocycles. The highest BCUT2D eigenvalue weighted by Gasteiger charge is 2.22. The molecule has 3 heterocycles. The van der Waals surface area contributed by atoms with E-state index in [0.717, 1.165) is 24.6 Å². The molecule has 0 bridgehead atoms. The molecule has 1 N–H and O–H groups in total. The first kappa shape index (κ1) is 18.8. The molecule has 0 saturated carbocycles. The van der Waals surface area contributed by atoms with Crippen LogP contribution in [-0.4, -0.2) is 53.4 Å². The van der Waals surface area contributed by atoms with Gasteiger partial charge in [-0.2, -0.15) is 4.52 Å². The van der Waals surface area contributed by atoms with E-state index in [1.54, 1.807) is 0 Å². The van der Waals surface area contributed by atoms with Crippen LogP contribution >= 0.6 is 11.3 Å². The average molecular weight is 379 g/mol. The lowest BCUT2D eigenvalue weighted by Gasteiger charge is -2.30. The van der Waals surface area contributed by atoms with Crippen LogP contribution in [-0.2, 0) is 4.74 Å². The fourth-order valence-corrected chi connectivity index (χ4v) is 3.93. The lowest BCUT2D eigenvalue weighted by atomic mass is 10.0. The molecule has 1 aliphatic rings. The van der Waals surface area contributed by atoms with E-state index in [0.29, 0.717) is 37.1 Å². The van der Waals surface area contributed by atoms with E-state index in [1.165, 1.54) is 28.5 Å². The fourth-order valence-electron chi connectivity index (χ4n) is 3.04. The smallest absolute Gasteiger partial charge is 0.288 e. The lowest BCUT2D eigenvalue weighted by Crippen LogP contribution is -2.35. The van der Waals surface area contributed by atoms with Crippen LogP contribution in [0.5, 0.6) is 0 Å². The maximum absolute atomic E-state index is 12.6. The summed E-state index contributed by atoms with van der Waals surface area (Å²) in [6, 6.07) is 0. The van der Waals surface area contributed by atoms with Crippen molar-refractivity contribution in [1.82, 2.24) is 19.9 Å². The normalized spacial score (nSPS) is 17.6. The molecule has 0 spiro atoms. The van der Waals surface area contributed by atoms with Crippen molar-refractivity contribution in [3.8, 4) is 0 Å². The second kappa shape index (κ2) is 8.59. The van der Waals surface area contributed by atoms with Crippen LogP contribution in [0.25, 0.3) is 4.96 Å². The van der Waals surface area contributed by atoms with Crippen molar-refractivity contribution < 1.29 is 9.53 Å². The summed E-state index contributed by atoms with van der Waals surface area (Å²) in [5.74, 6) is 0.188. The molecule has 2 aromatic rings. The van der Waals surface area contributed by atoms with Gasteiger partial charge < -0.3 is 15.0 Å². The van der Waals surface area contributed by atoms with Crippen LogP contribution in [0.2, 0.25) is 0 Å². The van der Waals surface area contributed by atoms with Crippen LogP contribution < -0.4 is 15.8 Å². The summed E-state index contributed by atoms with van der Waals surface area (Å²) < 4.78 is 6.47. The summed E-state index contributed by atoms with van der Waals surface area (Å²) in [6.07, 6.45) is 4.38. The summed E-state index contributed by atoms with van der Waals surface area (Å²) >= 11 is 1.39. The minimum atomic E-state index is -0.426. The minimum absolute atomic E-state index is 0.0165. The number of hydrogen-bond donors (Lipinski definition) is 1. The van der Waals surface area contributed by atoms with Crippen molar-refractivity contribution in [3.05, 3.63) is 22.1 Å². The number of carbonyl (C=O) groups excluding carboxylic acids is 1. The number of carbonyl (C=O) groups is 1. The van der Waals surface area contributed by atoms with Gasteiger partial charge in [0.15, 0.2) is 0 Å². The third kappa shape index (κ3) is 4.21. The third-order valence-corrected chi connectivity index (χ3v) is 5.39. The van der Waals surface area contributed by atoms with Crippen LogP contribution in [0.3, 0.4) is 0 Å². The zero-order valence-corrected chi connectivity index (χ0v) is 16.0. The number of amides is 1. The van der Waals surface area contributed by atoms with Gasteiger partial charge in [-0.3, -0.25) is 9.59 Å². The molecular formula is C17H25N5O3S. The van der Waals surface area contributed by atoms with Crippen molar-refractivity contribution in [3.63, 3.8) is 0 Å². The lowest BCUT2D eigenvalue weighted by molar-refractivity contribution is 0.0942. The van der Waals surface area contributed by atoms with E-state index in [2.05, 4.69) is 27.2 Å². The van der Waals surface area contributed by atoms with Gasteiger partial charge in [-0.15, -0.1) is 5.10 Å². The topological polar surface area (TPSA) is 88.8 Å². The van der Waals surface area contributed by atoms with Gasteiger partial charge in [0, 0.05) is 39.0 Å². The molecule has 1 amide bonds. The molecule has 0 unspecified atom stereocenters. The number of aromatic nitrogens is 3. The highest BCUT2D eigenvalue weighted by atomic mass is 32.1. The van der Waals surface area contributed by atoms with Crippen molar-refractivity contribution in [2.24, 2.45) is 5.92 Å². The maximum Gasteiger partial charge on any atom is 0.288 e.